The molecular weight excluding hydrogens is 352 g/mol. The number of amides is 2. The number of thiazole rings is 1. The van der Waals surface area contributed by atoms with Crippen LogP contribution in [-0.4, -0.2) is 34.1 Å². The monoisotopic (exact) mass is 370 g/mol. The Kier molecular flexibility index (Phi) is 6.20. The van der Waals surface area contributed by atoms with E-state index < -0.39 is 6.03 Å². The number of nitrogens with zero attached hydrogens (tertiary/aromatic N) is 3. The maximum Gasteiger partial charge on any atom is 0.326 e. The molecule has 0 atom stereocenters. The van der Waals surface area contributed by atoms with Gasteiger partial charge in [-0.1, -0.05) is 6.07 Å². The first kappa shape index (κ1) is 17.9. The number of carbonyl (C=O) groups is 1. The van der Waals surface area contributed by atoms with Gasteiger partial charge in [-0.15, -0.1) is 11.3 Å². The summed E-state index contributed by atoms with van der Waals surface area (Å²) in [5, 5.41) is 7.95. The molecule has 3 aromatic heterocycles. The summed E-state index contributed by atoms with van der Waals surface area (Å²) >= 11 is 1.44. The predicted molar refractivity (Wildman–Crippen MR) is 101 cm³/mol. The van der Waals surface area contributed by atoms with Crippen molar-refractivity contribution in [2.45, 2.75) is 6.61 Å². The van der Waals surface area contributed by atoms with Crippen LogP contribution in [0, 0.1) is 0 Å². The number of urea groups is 1. The summed E-state index contributed by atoms with van der Waals surface area (Å²) in [7, 11) is 0. The third kappa shape index (κ3) is 5.06. The fraction of sp³-hybridized carbons (Fsp3) is 0.176. The van der Waals surface area contributed by atoms with Gasteiger partial charge in [0.15, 0.2) is 0 Å². The minimum absolute atomic E-state index is 0.406. The standard InChI is InChI=1S/C17H18N6O2S/c18-5-8-25-10-12-1-2-14(20-9-12)22-17(24)23-15-11-26-16(21-15)13-3-6-19-7-4-13/h1-4,6-7,9,11H,5,8,10,18H2,(H2,20,22,23,24). The van der Waals surface area contributed by atoms with E-state index in [9.17, 15) is 4.79 Å². The van der Waals surface area contributed by atoms with E-state index in [-0.39, 0.29) is 0 Å². The van der Waals surface area contributed by atoms with Gasteiger partial charge in [-0.2, -0.15) is 0 Å². The Morgan fingerprint density at radius 3 is 2.69 bits per heavy atom. The van der Waals surface area contributed by atoms with Gasteiger partial charge in [0, 0.05) is 36.1 Å². The molecule has 26 heavy (non-hydrogen) atoms. The summed E-state index contributed by atoms with van der Waals surface area (Å²) < 4.78 is 5.33. The van der Waals surface area contributed by atoms with E-state index in [0.717, 1.165) is 16.1 Å². The van der Waals surface area contributed by atoms with Crippen molar-refractivity contribution in [1.29, 1.82) is 0 Å². The number of rotatable bonds is 7. The highest BCUT2D eigenvalue weighted by molar-refractivity contribution is 7.13. The van der Waals surface area contributed by atoms with E-state index in [1.54, 1.807) is 30.0 Å². The van der Waals surface area contributed by atoms with Crippen LogP contribution >= 0.6 is 11.3 Å². The SMILES string of the molecule is NCCOCc1ccc(NC(=O)Nc2csc(-c3ccncc3)n2)nc1. The molecule has 3 rings (SSSR count). The van der Waals surface area contributed by atoms with Crippen LogP contribution in [0.5, 0.6) is 0 Å². The Labute approximate surface area is 154 Å². The molecule has 3 aromatic rings. The maximum atomic E-state index is 12.1. The summed E-state index contributed by atoms with van der Waals surface area (Å²) in [5.41, 5.74) is 7.23. The normalized spacial score (nSPS) is 10.5. The minimum Gasteiger partial charge on any atom is -0.375 e. The fourth-order valence-electron chi connectivity index (χ4n) is 2.08. The van der Waals surface area contributed by atoms with Gasteiger partial charge in [0.25, 0.3) is 0 Å². The van der Waals surface area contributed by atoms with Crippen molar-refractivity contribution in [1.82, 2.24) is 15.0 Å². The lowest BCUT2D eigenvalue weighted by Gasteiger charge is -2.06. The quantitative estimate of drug-likeness (QED) is 0.551. The average Bonchev–Trinajstić information content (AvgIpc) is 3.12. The molecular formula is C17H18N6O2S. The number of hydrogen-bond acceptors (Lipinski definition) is 7. The van der Waals surface area contributed by atoms with Crippen LogP contribution in [0.2, 0.25) is 0 Å². The lowest BCUT2D eigenvalue weighted by molar-refractivity contribution is 0.128. The number of carbonyl (C=O) groups excluding carboxylic acids is 1. The molecule has 9 heteroatoms. The first-order valence-electron chi connectivity index (χ1n) is 7.91. The zero-order chi connectivity index (χ0) is 18.2. The number of nitrogens with one attached hydrogen (secondary N) is 2. The molecule has 0 bridgehead atoms. The third-order valence-electron chi connectivity index (χ3n) is 3.27. The molecule has 0 spiro atoms. The summed E-state index contributed by atoms with van der Waals surface area (Å²) in [5.74, 6) is 0.917. The predicted octanol–water partition coefficient (Wildman–Crippen LogP) is 2.72. The number of pyridine rings is 2. The van der Waals surface area contributed by atoms with E-state index in [2.05, 4.69) is 25.6 Å². The van der Waals surface area contributed by atoms with Gasteiger partial charge < -0.3 is 10.5 Å². The fourth-order valence-corrected chi connectivity index (χ4v) is 2.84. The van der Waals surface area contributed by atoms with E-state index in [1.807, 2.05) is 18.2 Å². The molecule has 0 aliphatic rings. The van der Waals surface area contributed by atoms with Crippen LogP contribution in [0.4, 0.5) is 16.4 Å². The van der Waals surface area contributed by atoms with Gasteiger partial charge in [-0.05, 0) is 23.8 Å². The van der Waals surface area contributed by atoms with E-state index in [0.29, 0.717) is 31.4 Å². The molecule has 0 aliphatic carbocycles. The second-order valence-corrected chi connectivity index (χ2v) is 6.10. The van der Waals surface area contributed by atoms with Crippen LogP contribution in [0.1, 0.15) is 5.56 Å². The highest BCUT2D eigenvalue weighted by atomic mass is 32.1. The molecule has 0 aliphatic heterocycles. The van der Waals surface area contributed by atoms with Gasteiger partial charge in [0.05, 0.1) is 13.2 Å². The first-order chi connectivity index (χ1) is 12.7. The Morgan fingerprint density at radius 2 is 1.96 bits per heavy atom. The van der Waals surface area contributed by atoms with E-state index in [4.69, 9.17) is 10.5 Å². The van der Waals surface area contributed by atoms with Crippen molar-refractivity contribution in [3.63, 3.8) is 0 Å². The molecule has 134 valence electrons. The van der Waals surface area contributed by atoms with Crippen molar-refractivity contribution in [2.24, 2.45) is 5.73 Å². The summed E-state index contributed by atoms with van der Waals surface area (Å²) in [4.78, 5) is 24.6. The molecule has 0 radical (unpaired) electrons. The Morgan fingerprint density at radius 1 is 1.15 bits per heavy atom. The maximum absolute atomic E-state index is 12.1. The van der Waals surface area contributed by atoms with Gasteiger partial charge in [-0.25, -0.2) is 14.8 Å². The second kappa shape index (κ2) is 8.99. The van der Waals surface area contributed by atoms with Crippen molar-refractivity contribution in [2.75, 3.05) is 23.8 Å². The van der Waals surface area contributed by atoms with Crippen molar-refractivity contribution >= 4 is 29.0 Å². The van der Waals surface area contributed by atoms with Crippen LogP contribution < -0.4 is 16.4 Å². The first-order valence-corrected chi connectivity index (χ1v) is 8.79. The molecule has 0 aromatic carbocycles. The van der Waals surface area contributed by atoms with Crippen molar-refractivity contribution < 1.29 is 9.53 Å². The van der Waals surface area contributed by atoms with Crippen LogP contribution in [-0.2, 0) is 11.3 Å². The van der Waals surface area contributed by atoms with Crippen LogP contribution in [0.25, 0.3) is 10.6 Å². The number of anilines is 2. The largest absolute Gasteiger partial charge is 0.375 e. The smallest absolute Gasteiger partial charge is 0.326 e. The molecule has 0 fully saturated rings. The Balaban J connectivity index is 1.53. The van der Waals surface area contributed by atoms with E-state index in [1.165, 1.54) is 11.3 Å². The molecule has 2 amide bonds. The second-order valence-electron chi connectivity index (χ2n) is 5.25. The molecule has 0 saturated heterocycles. The van der Waals surface area contributed by atoms with Crippen LogP contribution in [0.3, 0.4) is 0 Å². The number of nitrogens with two attached hydrogens (primary N) is 1. The lowest BCUT2D eigenvalue weighted by Crippen LogP contribution is -2.20. The van der Waals surface area contributed by atoms with Gasteiger partial charge >= 0.3 is 6.03 Å². The highest BCUT2D eigenvalue weighted by Crippen LogP contribution is 2.25. The molecule has 4 N–H and O–H groups in total. The van der Waals surface area contributed by atoms with Gasteiger partial charge in [0.2, 0.25) is 0 Å². The molecule has 8 nitrogen and oxygen atoms in total. The summed E-state index contributed by atoms with van der Waals surface area (Å²) in [6.07, 6.45) is 5.05. The van der Waals surface area contributed by atoms with Crippen LogP contribution in [0.15, 0.2) is 48.2 Å². The van der Waals surface area contributed by atoms with Gasteiger partial charge in [-0.3, -0.25) is 15.6 Å². The Bertz CT molecular complexity index is 838. The lowest BCUT2D eigenvalue weighted by atomic mass is 10.3. The minimum atomic E-state index is -0.406. The third-order valence-corrected chi connectivity index (χ3v) is 4.16. The van der Waals surface area contributed by atoms with E-state index >= 15 is 0 Å². The molecule has 0 unspecified atom stereocenters. The average molecular weight is 370 g/mol. The van der Waals surface area contributed by atoms with Crippen molar-refractivity contribution in [3.05, 3.63) is 53.8 Å². The highest BCUT2D eigenvalue weighted by Gasteiger charge is 2.08. The number of ether oxygens (including phenoxy) is 1. The number of hydrogen-bond donors (Lipinski definition) is 3. The Hall–Kier alpha value is -2.88. The molecule has 3 heterocycles. The summed E-state index contributed by atoms with van der Waals surface area (Å²) in [6, 6.07) is 6.88. The van der Waals surface area contributed by atoms with Crippen molar-refractivity contribution in [3.8, 4) is 10.6 Å². The zero-order valence-electron chi connectivity index (χ0n) is 13.9. The van der Waals surface area contributed by atoms with Gasteiger partial charge in [0.1, 0.15) is 16.6 Å². The summed E-state index contributed by atoms with van der Waals surface area (Å²) in [6.45, 7) is 1.41. The topological polar surface area (TPSA) is 115 Å². The number of aromatic nitrogens is 3. The zero-order valence-corrected chi connectivity index (χ0v) is 14.7. The molecule has 0 saturated carbocycles.